The highest BCUT2D eigenvalue weighted by Crippen LogP contribution is 2.42. The first kappa shape index (κ1) is 17.1. The largest absolute Gasteiger partial charge is 0.309 e. The highest BCUT2D eigenvalue weighted by atomic mass is 15.0. The second-order valence-electron chi connectivity index (χ2n) is 11.7. The smallest absolute Gasteiger partial charge is 0.0541 e. The fourth-order valence-corrected chi connectivity index (χ4v) is 7.14. The van der Waals surface area contributed by atoms with Crippen LogP contribution in [-0.2, 0) is 6.42 Å². The third kappa shape index (κ3) is 3.53. The number of fused-ring (bicyclic) bond motifs is 9. The van der Waals surface area contributed by atoms with Gasteiger partial charge in [-0.1, -0.05) is 58.7 Å². The van der Waals surface area contributed by atoms with Gasteiger partial charge < -0.3 is 9.13 Å². The number of hydrogen-bond acceptors (Lipinski definition) is 0. The Balaban J connectivity index is 1.23. The second-order valence-corrected chi connectivity index (χ2v) is 11.7. The third-order valence-electron chi connectivity index (χ3n) is 9.06. The maximum Gasteiger partial charge on any atom is 0.0541 e. The Morgan fingerprint density at radius 1 is 0.442 bits per heavy atom. The molecule has 0 aliphatic heterocycles. The van der Waals surface area contributed by atoms with Crippen LogP contribution in [-0.4, -0.2) is 9.13 Å². The van der Waals surface area contributed by atoms with Crippen molar-refractivity contribution in [1.29, 1.82) is 0 Å². The standard InChI is InChI=1S/C41H32N2/c1-24-5-13-38-34(17-24)35-18-25(2)6-14-39(35)42(38)30-11-9-28-21-29-10-12-31(23-33(29)32(28)22-30)43-40-15-7-26(3)19-36(40)37-20-27(4)8-16-41(37)43/h5-20,22-23H,21H2,1-4H3/i1D3,2D3,3D3. The molecule has 0 saturated heterocycles. The van der Waals surface area contributed by atoms with Crippen LogP contribution >= 0.6 is 0 Å². The first-order valence-corrected chi connectivity index (χ1v) is 14.5. The highest BCUT2D eigenvalue weighted by molar-refractivity contribution is 6.11. The molecular weight excluding hydrogens is 520 g/mol. The Labute approximate surface area is 264 Å². The van der Waals surface area contributed by atoms with Gasteiger partial charge in [0.05, 0.1) is 22.1 Å². The molecular formula is C41H32N2. The predicted octanol–water partition coefficient (Wildman–Crippen LogP) is 10.7. The summed E-state index contributed by atoms with van der Waals surface area (Å²) in [6, 6.07) is 34.7. The molecule has 0 amide bonds. The van der Waals surface area contributed by atoms with E-state index in [1.54, 1.807) is 36.4 Å². The van der Waals surface area contributed by atoms with Crippen molar-refractivity contribution in [1.82, 2.24) is 9.13 Å². The Morgan fingerprint density at radius 2 is 0.814 bits per heavy atom. The second kappa shape index (κ2) is 8.72. The van der Waals surface area contributed by atoms with E-state index in [1.807, 2.05) is 25.1 Å². The molecule has 0 unspecified atom stereocenters. The van der Waals surface area contributed by atoms with Gasteiger partial charge in [-0.15, -0.1) is 0 Å². The van der Waals surface area contributed by atoms with E-state index in [4.69, 9.17) is 12.3 Å². The van der Waals surface area contributed by atoms with Gasteiger partial charge in [0.25, 0.3) is 0 Å². The Morgan fingerprint density at radius 3 is 1.21 bits per heavy atom. The van der Waals surface area contributed by atoms with Crippen LogP contribution in [0.15, 0.2) is 109 Å². The van der Waals surface area contributed by atoms with Gasteiger partial charge in [0, 0.05) is 45.3 Å². The van der Waals surface area contributed by atoms with E-state index in [2.05, 4.69) is 63.7 Å². The minimum atomic E-state index is -2.31. The van der Waals surface area contributed by atoms with Crippen molar-refractivity contribution < 1.29 is 12.3 Å². The summed E-state index contributed by atoms with van der Waals surface area (Å²) in [4.78, 5) is 0. The summed E-state index contributed by atoms with van der Waals surface area (Å²) in [6.07, 6.45) is 0.774. The SMILES string of the molecule is [2H]C([2H])([2H])c1ccc2c(c1)c1cc(C)ccc1n2-c1ccc2c(c1)-c1cc(-n3c4ccc(C([2H])([2H])[2H])cc4c4cc(C([2H])([2H])[2H])ccc43)ccc1C2. The van der Waals surface area contributed by atoms with Gasteiger partial charge >= 0.3 is 0 Å². The van der Waals surface area contributed by atoms with Crippen molar-refractivity contribution in [2.24, 2.45) is 0 Å². The van der Waals surface area contributed by atoms with E-state index < -0.39 is 20.6 Å². The Hall–Kier alpha value is -5.08. The average Bonchev–Trinajstić information content (AvgIpc) is 3.73. The van der Waals surface area contributed by atoms with E-state index in [1.165, 1.54) is 11.1 Å². The van der Waals surface area contributed by atoms with Crippen LogP contribution in [0.3, 0.4) is 0 Å². The fraction of sp³-hybridized carbons (Fsp3) is 0.122. The van der Waals surface area contributed by atoms with Crippen molar-refractivity contribution in [3.05, 3.63) is 143 Å². The summed E-state index contributed by atoms with van der Waals surface area (Å²) >= 11 is 0. The predicted molar refractivity (Wildman–Crippen MR) is 182 cm³/mol. The van der Waals surface area contributed by atoms with Crippen LogP contribution in [0.2, 0.25) is 0 Å². The van der Waals surface area contributed by atoms with Gasteiger partial charge in [0.1, 0.15) is 0 Å². The van der Waals surface area contributed by atoms with E-state index in [0.29, 0.717) is 16.3 Å². The molecule has 0 bridgehead atoms. The Bertz CT molecular complexity index is 2720. The van der Waals surface area contributed by atoms with Crippen molar-refractivity contribution >= 4 is 43.6 Å². The molecule has 2 nitrogen and oxygen atoms in total. The zero-order valence-corrected chi connectivity index (χ0v) is 23.5. The van der Waals surface area contributed by atoms with Crippen molar-refractivity contribution in [2.75, 3.05) is 0 Å². The molecule has 0 saturated carbocycles. The molecule has 0 N–H and O–H groups in total. The minimum absolute atomic E-state index is 0.198. The molecule has 0 fully saturated rings. The number of aryl methyl sites for hydroxylation is 4. The summed E-state index contributed by atoms with van der Waals surface area (Å²) in [7, 11) is 0. The monoisotopic (exact) mass is 561 g/mol. The molecule has 2 heterocycles. The van der Waals surface area contributed by atoms with E-state index >= 15 is 0 Å². The van der Waals surface area contributed by atoms with Crippen molar-refractivity contribution in [2.45, 2.75) is 33.9 Å². The molecule has 0 radical (unpaired) electrons. The summed E-state index contributed by atoms with van der Waals surface area (Å²) in [5.41, 5.74) is 11.7. The van der Waals surface area contributed by atoms with Gasteiger partial charge in [0.15, 0.2) is 0 Å². The molecule has 9 rings (SSSR count). The number of rotatable bonds is 2. The van der Waals surface area contributed by atoms with E-state index in [-0.39, 0.29) is 11.1 Å². The average molecular weight is 562 g/mol. The molecule has 206 valence electrons. The number of benzene rings is 6. The van der Waals surface area contributed by atoms with Crippen LogP contribution in [0.5, 0.6) is 0 Å². The molecule has 1 aliphatic rings. The lowest BCUT2D eigenvalue weighted by Gasteiger charge is -2.13. The van der Waals surface area contributed by atoms with Crippen LogP contribution in [0.25, 0.3) is 66.1 Å². The normalized spacial score (nSPS) is 16.5. The van der Waals surface area contributed by atoms with Crippen LogP contribution in [0.1, 0.15) is 45.7 Å². The summed E-state index contributed by atoms with van der Waals surface area (Å²) in [5, 5.41) is 3.26. The van der Waals surface area contributed by atoms with Gasteiger partial charge in [0.2, 0.25) is 0 Å². The number of aromatic nitrogens is 2. The van der Waals surface area contributed by atoms with Crippen LogP contribution < -0.4 is 0 Å². The van der Waals surface area contributed by atoms with Gasteiger partial charge in [-0.05, 0) is 129 Å². The van der Waals surface area contributed by atoms with E-state index in [9.17, 15) is 0 Å². The van der Waals surface area contributed by atoms with Gasteiger partial charge in [-0.25, -0.2) is 0 Å². The molecule has 2 heteroatoms. The lowest BCUT2D eigenvalue weighted by Crippen LogP contribution is -1.96. The number of nitrogens with zero attached hydrogens (tertiary/aromatic N) is 2. The Kier molecular flexibility index (Phi) is 3.47. The summed E-state index contributed by atoms with van der Waals surface area (Å²) in [5.74, 6) is 0. The third-order valence-corrected chi connectivity index (χ3v) is 9.06. The van der Waals surface area contributed by atoms with Gasteiger partial charge in [-0.2, -0.15) is 0 Å². The maximum absolute atomic E-state index is 8.04. The molecule has 2 aromatic heterocycles. The van der Waals surface area contributed by atoms with E-state index in [0.717, 1.165) is 67.3 Å². The molecule has 0 spiro atoms. The quantitative estimate of drug-likeness (QED) is 0.199. The van der Waals surface area contributed by atoms with Crippen molar-refractivity contribution in [3.8, 4) is 22.5 Å². The summed E-state index contributed by atoms with van der Waals surface area (Å²) in [6.45, 7) is -4.80. The van der Waals surface area contributed by atoms with Crippen molar-refractivity contribution in [3.63, 3.8) is 0 Å². The molecule has 6 aromatic carbocycles. The molecule has 43 heavy (non-hydrogen) atoms. The lowest BCUT2D eigenvalue weighted by atomic mass is 10.0. The van der Waals surface area contributed by atoms with Gasteiger partial charge in [-0.3, -0.25) is 0 Å². The minimum Gasteiger partial charge on any atom is -0.309 e. The fourth-order valence-electron chi connectivity index (χ4n) is 7.14. The maximum atomic E-state index is 8.04. The lowest BCUT2D eigenvalue weighted by molar-refractivity contribution is 1.17. The molecule has 1 aliphatic carbocycles. The summed E-state index contributed by atoms with van der Waals surface area (Å²) < 4.78 is 76.6. The zero-order valence-electron chi connectivity index (χ0n) is 32.5. The number of hydrogen-bond donors (Lipinski definition) is 0. The highest BCUT2D eigenvalue weighted by Gasteiger charge is 2.22. The van der Waals surface area contributed by atoms with Crippen LogP contribution in [0, 0.1) is 27.5 Å². The first-order valence-electron chi connectivity index (χ1n) is 19.0. The zero-order chi connectivity index (χ0) is 36.5. The molecule has 0 atom stereocenters. The topological polar surface area (TPSA) is 9.86 Å². The first-order chi connectivity index (χ1) is 24.6. The molecule has 8 aromatic rings. The van der Waals surface area contributed by atoms with Crippen LogP contribution in [0.4, 0.5) is 0 Å².